The number of amides is 1. The molecule has 5 nitrogen and oxygen atoms in total. The van der Waals surface area contributed by atoms with Gasteiger partial charge < -0.3 is 5.32 Å². The molecule has 122 valence electrons. The van der Waals surface area contributed by atoms with Crippen molar-refractivity contribution in [3.05, 3.63) is 70.1 Å². The Balaban J connectivity index is 1.94. The van der Waals surface area contributed by atoms with Gasteiger partial charge in [0.1, 0.15) is 5.69 Å². The van der Waals surface area contributed by atoms with E-state index in [0.717, 1.165) is 17.0 Å². The van der Waals surface area contributed by atoms with Gasteiger partial charge in [0, 0.05) is 11.4 Å². The average molecular weight is 341 g/mol. The molecule has 0 radical (unpaired) electrons. The Morgan fingerprint density at radius 2 is 1.92 bits per heavy atom. The van der Waals surface area contributed by atoms with Crippen molar-refractivity contribution in [2.45, 2.75) is 20.8 Å². The summed E-state index contributed by atoms with van der Waals surface area (Å²) in [6.07, 6.45) is 0. The summed E-state index contributed by atoms with van der Waals surface area (Å²) < 4.78 is 1.69. The van der Waals surface area contributed by atoms with Crippen LogP contribution < -0.4 is 5.32 Å². The molecule has 0 aliphatic heterocycles. The molecule has 2 heterocycles. The number of nitrogens with one attached hydrogen (secondary N) is 1. The van der Waals surface area contributed by atoms with Gasteiger partial charge in [0.25, 0.3) is 5.91 Å². The summed E-state index contributed by atoms with van der Waals surface area (Å²) in [6.45, 7) is 5.80. The molecule has 6 heteroatoms. The SMILES string of the molecule is Cc1cccc(NC(=O)c2nc(-n3nc(C)cc3C)ccc2Cl)c1. The van der Waals surface area contributed by atoms with Crippen LogP contribution in [0, 0.1) is 20.8 Å². The first-order chi connectivity index (χ1) is 11.4. The van der Waals surface area contributed by atoms with Crippen LogP contribution in [0.25, 0.3) is 5.82 Å². The normalized spacial score (nSPS) is 10.7. The molecule has 1 amide bonds. The van der Waals surface area contributed by atoms with Crippen molar-refractivity contribution >= 4 is 23.2 Å². The van der Waals surface area contributed by atoms with Crippen LogP contribution in [0.3, 0.4) is 0 Å². The van der Waals surface area contributed by atoms with Gasteiger partial charge in [0.15, 0.2) is 5.82 Å². The Bertz CT molecular complexity index is 917. The second kappa shape index (κ2) is 6.45. The number of carbonyl (C=O) groups excluding carboxylic acids is 1. The van der Waals surface area contributed by atoms with E-state index in [2.05, 4.69) is 15.4 Å². The van der Waals surface area contributed by atoms with Gasteiger partial charge in [-0.3, -0.25) is 4.79 Å². The van der Waals surface area contributed by atoms with Crippen molar-refractivity contribution in [3.63, 3.8) is 0 Å². The largest absolute Gasteiger partial charge is 0.321 e. The zero-order valence-electron chi connectivity index (χ0n) is 13.7. The molecular weight excluding hydrogens is 324 g/mol. The first-order valence-electron chi connectivity index (χ1n) is 7.52. The molecule has 0 atom stereocenters. The zero-order chi connectivity index (χ0) is 17.3. The average Bonchev–Trinajstić information content (AvgIpc) is 2.86. The van der Waals surface area contributed by atoms with Gasteiger partial charge in [-0.25, -0.2) is 9.67 Å². The summed E-state index contributed by atoms with van der Waals surface area (Å²) in [5, 5.41) is 7.51. The molecule has 1 aromatic carbocycles. The molecule has 0 spiro atoms. The Hall–Kier alpha value is -2.66. The molecule has 3 aromatic rings. The summed E-state index contributed by atoms with van der Waals surface area (Å²) in [4.78, 5) is 16.9. The number of nitrogens with zero attached hydrogens (tertiary/aromatic N) is 3. The van der Waals surface area contributed by atoms with Gasteiger partial charge in [-0.1, -0.05) is 23.7 Å². The molecule has 3 rings (SSSR count). The number of halogens is 1. The third kappa shape index (κ3) is 3.31. The maximum atomic E-state index is 12.5. The quantitative estimate of drug-likeness (QED) is 0.781. The van der Waals surface area contributed by atoms with E-state index < -0.39 is 0 Å². The molecule has 0 unspecified atom stereocenters. The highest BCUT2D eigenvalue weighted by Crippen LogP contribution is 2.19. The van der Waals surface area contributed by atoms with Gasteiger partial charge >= 0.3 is 0 Å². The number of aromatic nitrogens is 3. The van der Waals surface area contributed by atoms with E-state index in [1.807, 2.05) is 51.1 Å². The summed E-state index contributed by atoms with van der Waals surface area (Å²) in [5.74, 6) is 0.202. The van der Waals surface area contributed by atoms with Gasteiger partial charge in [0.05, 0.1) is 10.7 Å². The van der Waals surface area contributed by atoms with Crippen LogP contribution in [-0.2, 0) is 0 Å². The lowest BCUT2D eigenvalue weighted by atomic mass is 10.2. The minimum atomic E-state index is -0.353. The monoisotopic (exact) mass is 340 g/mol. The number of benzene rings is 1. The number of aryl methyl sites for hydroxylation is 3. The predicted molar refractivity (Wildman–Crippen MR) is 95.0 cm³/mol. The van der Waals surface area contributed by atoms with Crippen molar-refractivity contribution in [1.82, 2.24) is 14.8 Å². The summed E-state index contributed by atoms with van der Waals surface area (Å²) in [7, 11) is 0. The maximum Gasteiger partial charge on any atom is 0.275 e. The van der Waals surface area contributed by atoms with Crippen LogP contribution in [0.2, 0.25) is 5.02 Å². The van der Waals surface area contributed by atoms with E-state index in [4.69, 9.17) is 11.6 Å². The van der Waals surface area contributed by atoms with Crippen LogP contribution in [0.5, 0.6) is 0 Å². The van der Waals surface area contributed by atoms with E-state index in [-0.39, 0.29) is 11.6 Å². The minimum Gasteiger partial charge on any atom is -0.321 e. The van der Waals surface area contributed by atoms with E-state index in [0.29, 0.717) is 16.5 Å². The molecule has 0 aliphatic carbocycles. The Morgan fingerprint density at radius 3 is 2.58 bits per heavy atom. The van der Waals surface area contributed by atoms with Crippen molar-refractivity contribution in [3.8, 4) is 5.82 Å². The number of rotatable bonds is 3. The van der Waals surface area contributed by atoms with Gasteiger partial charge in [-0.05, 0) is 56.7 Å². The maximum absolute atomic E-state index is 12.5. The van der Waals surface area contributed by atoms with Crippen molar-refractivity contribution < 1.29 is 4.79 Å². The third-order valence-electron chi connectivity index (χ3n) is 3.55. The van der Waals surface area contributed by atoms with Crippen LogP contribution in [-0.4, -0.2) is 20.7 Å². The lowest BCUT2D eigenvalue weighted by Gasteiger charge is -2.09. The smallest absolute Gasteiger partial charge is 0.275 e. The fourth-order valence-electron chi connectivity index (χ4n) is 2.48. The van der Waals surface area contributed by atoms with Crippen LogP contribution in [0.4, 0.5) is 5.69 Å². The second-order valence-corrected chi connectivity index (χ2v) is 6.07. The fourth-order valence-corrected chi connectivity index (χ4v) is 2.67. The molecule has 0 bridgehead atoms. The van der Waals surface area contributed by atoms with Gasteiger partial charge in [-0.2, -0.15) is 5.10 Å². The molecule has 0 saturated carbocycles. The van der Waals surface area contributed by atoms with E-state index >= 15 is 0 Å². The first-order valence-corrected chi connectivity index (χ1v) is 7.90. The number of hydrogen-bond donors (Lipinski definition) is 1. The number of hydrogen-bond acceptors (Lipinski definition) is 3. The van der Waals surface area contributed by atoms with Crippen molar-refractivity contribution in [1.29, 1.82) is 0 Å². The topological polar surface area (TPSA) is 59.8 Å². The van der Waals surface area contributed by atoms with Crippen LogP contribution in [0.15, 0.2) is 42.5 Å². The van der Waals surface area contributed by atoms with Gasteiger partial charge in [-0.15, -0.1) is 0 Å². The molecular formula is C18H17ClN4O. The summed E-state index contributed by atoms with van der Waals surface area (Å²) >= 11 is 6.17. The molecule has 0 aliphatic rings. The lowest BCUT2D eigenvalue weighted by molar-refractivity contribution is 0.102. The minimum absolute atomic E-state index is 0.170. The molecule has 24 heavy (non-hydrogen) atoms. The van der Waals surface area contributed by atoms with E-state index in [1.54, 1.807) is 16.8 Å². The molecule has 0 saturated heterocycles. The number of carbonyl (C=O) groups is 1. The lowest BCUT2D eigenvalue weighted by Crippen LogP contribution is -2.16. The zero-order valence-corrected chi connectivity index (χ0v) is 14.4. The third-order valence-corrected chi connectivity index (χ3v) is 3.85. The van der Waals surface area contributed by atoms with E-state index in [1.165, 1.54) is 0 Å². The Morgan fingerprint density at radius 1 is 1.12 bits per heavy atom. The number of anilines is 1. The highest BCUT2D eigenvalue weighted by molar-refractivity contribution is 6.34. The standard InChI is InChI=1S/C18H17ClN4O/c1-11-5-4-6-14(9-11)20-18(24)17-15(19)7-8-16(21-17)23-13(3)10-12(2)22-23/h4-10H,1-3H3,(H,20,24). The second-order valence-electron chi connectivity index (χ2n) is 5.66. The predicted octanol–water partition coefficient (Wildman–Crippen LogP) is 4.10. The Kier molecular flexibility index (Phi) is 4.36. The van der Waals surface area contributed by atoms with Crippen molar-refractivity contribution in [2.75, 3.05) is 5.32 Å². The molecule has 2 aromatic heterocycles. The van der Waals surface area contributed by atoms with Crippen LogP contribution in [0.1, 0.15) is 27.4 Å². The fraction of sp³-hybridized carbons (Fsp3) is 0.167. The van der Waals surface area contributed by atoms with Crippen molar-refractivity contribution in [2.24, 2.45) is 0 Å². The first kappa shape index (κ1) is 16.2. The van der Waals surface area contributed by atoms with Crippen LogP contribution >= 0.6 is 11.6 Å². The molecule has 0 fully saturated rings. The number of pyridine rings is 1. The highest BCUT2D eigenvalue weighted by atomic mass is 35.5. The Labute approximate surface area is 145 Å². The highest BCUT2D eigenvalue weighted by Gasteiger charge is 2.15. The summed E-state index contributed by atoms with van der Waals surface area (Å²) in [5.41, 5.74) is 3.75. The summed E-state index contributed by atoms with van der Waals surface area (Å²) in [6, 6.07) is 12.9. The van der Waals surface area contributed by atoms with E-state index in [9.17, 15) is 4.79 Å². The molecule has 1 N–H and O–H groups in total. The van der Waals surface area contributed by atoms with Gasteiger partial charge in [0.2, 0.25) is 0 Å².